The monoisotopic (exact) mass is 682 g/mol. The van der Waals surface area contributed by atoms with Crippen molar-refractivity contribution in [1.82, 2.24) is 28.6 Å². The molecule has 46 heavy (non-hydrogen) atoms. The van der Waals surface area contributed by atoms with Crippen molar-refractivity contribution in [1.29, 1.82) is 0 Å². The highest BCUT2D eigenvalue weighted by Crippen LogP contribution is 2.24. The molecule has 6 N–H and O–H groups in total. The molecule has 4 heterocycles. The van der Waals surface area contributed by atoms with Gasteiger partial charge in [-0.3, -0.25) is 28.6 Å². The lowest BCUT2D eigenvalue weighted by molar-refractivity contribution is -0.161. The van der Waals surface area contributed by atoms with Crippen LogP contribution >= 0.6 is 11.3 Å². The van der Waals surface area contributed by atoms with Crippen LogP contribution in [0.1, 0.15) is 26.0 Å². The molecule has 1 saturated heterocycles. The fourth-order valence-electron chi connectivity index (χ4n) is 3.98. The van der Waals surface area contributed by atoms with Crippen LogP contribution in [0.25, 0.3) is 11.5 Å². The summed E-state index contributed by atoms with van der Waals surface area (Å²) in [5, 5.41) is 36.9. The Labute approximate surface area is 261 Å². The number of aromatic nitrogens is 5. The van der Waals surface area contributed by atoms with Gasteiger partial charge < -0.3 is 30.9 Å². The first-order valence-corrected chi connectivity index (χ1v) is 15.5. The van der Waals surface area contributed by atoms with Gasteiger partial charge in [0, 0.05) is 30.6 Å². The average Bonchev–Trinajstić information content (AvgIpc) is 3.55. The number of thiazole rings is 1. The van der Waals surface area contributed by atoms with Crippen LogP contribution in [0, 0.1) is 5.92 Å². The van der Waals surface area contributed by atoms with Gasteiger partial charge in [0.2, 0.25) is 22.8 Å². The van der Waals surface area contributed by atoms with Crippen LogP contribution in [-0.4, -0.2) is 106 Å². The number of carboxylic acids is 1. The number of imide groups is 1. The molecule has 0 radical (unpaired) electrons. The van der Waals surface area contributed by atoms with Crippen molar-refractivity contribution < 1.29 is 47.8 Å². The van der Waals surface area contributed by atoms with Gasteiger partial charge in [-0.1, -0.05) is 5.16 Å². The second-order valence-electron chi connectivity index (χ2n) is 10.3. The number of aliphatic hydroxyl groups excluding tert-OH is 1. The van der Waals surface area contributed by atoms with E-state index in [0.29, 0.717) is 4.90 Å². The van der Waals surface area contributed by atoms with Crippen molar-refractivity contribution >= 4 is 55.8 Å². The minimum atomic E-state index is -4.86. The van der Waals surface area contributed by atoms with E-state index in [9.17, 15) is 52.5 Å². The molecule has 0 aromatic carbocycles. The molecule has 4 rings (SSSR count). The number of aromatic amines is 1. The Bertz CT molecular complexity index is 1990. The number of nitrogen functional groups attached to an aromatic ring is 1. The number of rotatable bonds is 13. The highest BCUT2D eigenvalue weighted by atomic mass is 32.2. The number of anilines is 1. The molecule has 0 saturated carbocycles. The maximum absolute atomic E-state index is 13.1. The molecule has 20 nitrogen and oxygen atoms in total. The second kappa shape index (κ2) is 12.6. The summed E-state index contributed by atoms with van der Waals surface area (Å²) < 4.78 is 26.8. The normalized spacial score (nSPS) is 15.5. The molecular formula is C24H26N8O12S2. The van der Waals surface area contributed by atoms with Crippen LogP contribution < -0.4 is 16.9 Å². The van der Waals surface area contributed by atoms with Crippen molar-refractivity contribution in [3.63, 3.8) is 0 Å². The van der Waals surface area contributed by atoms with Crippen LogP contribution in [-0.2, 0) is 40.6 Å². The van der Waals surface area contributed by atoms with E-state index in [1.54, 1.807) is 0 Å². The number of nitrogens with zero attached hydrogens (tertiary/aromatic N) is 6. The number of hydrogen-bond acceptors (Lipinski definition) is 16. The zero-order valence-electron chi connectivity index (χ0n) is 23.9. The van der Waals surface area contributed by atoms with E-state index in [1.165, 1.54) is 19.2 Å². The number of nitrogens with two attached hydrogens (primary N) is 1. The number of carbonyl (C=O) groups excluding carboxylic acids is 3. The summed E-state index contributed by atoms with van der Waals surface area (Å²) in [5.41, 5.74) is 0.989. The highest BCUT2D eigenvalue weighted by Gasteiger charge is 2.44. The van der Waals surface area contributed by atoms with Crippen LogP contribution in [0.15, 0.2) is 32.4 Å². The molecule has 1 fully saturated rings. The third kappa shape index (κ3) is 6.72. The maximum Gasteiger partial charge on any atom is 0.360 e. The van der Waals surface area contributed by atoms with E-state index in [0.717, 1.165) is 28.2 Å². The Morgan fingerprint density at radius 3 is 2.52 bits per heavy atom. The summed E-state index contributed by atoms with van der Waals surface area (Å²) in [6, 6.07) is 0.839. The molecule has 0 spiro atoms. The Kier molecular flexibility index (Phi) is 9.26. The van der Waals surface area contributed by atoms with E-state index >= 15 is 0 Å². The number of carbonyl (C=O) groups is 4. The number of nitrogens with one attached hydrogen (secondary N) is 1. The third-order valence-electron chi connectivity index (χ3n) is 6.52. The number of aliphatic hydroxyl groups is 1. The van der Waals surface area contributed by atoms with Crippen LogP contribution in [0.2, 0.25) is 0 Å². The lowest BCUT2D eigenvalue weighted by Gasteiger charge is -2.36. The van der Waals surface area contributed by atoms with Crippen LogP contribution in [0.3, 0.4) is 0 Å². The molecule has 22 heteroatoms. The van der Waals surface area contributed by atoms with Crippen molar-refractivity contribution in [2.45, 2.75) is 32.4 Å². The number of likely N-dealkylation sites (tertiary alicyclic amines) is 1. The van der Waals surface area contributed by atoms with Crippen molar-refractivity contribution in [2.75, 3.05) is 24.6 Å². The maximum atomic E-state index is 13.1. The van der Waals surface area contributed by atoms with Crippen molar-refractivity contribution in [3.8, 4) is 17.3 Å². The summed E-state index contributed by atoms with van der Waals surface area (Å²) in [5.74, 6) is -7.85. The SMILES string of the molecule is CC(C)(O/N=C(\C(=O)C[C@H]1CN(C(=O)CS(=O)(=O)n2nc(-c3cc(=O)c(O)c[nH]3)n(CCO)c2=O)C1=O)c1csc(N)n1)C(=O)O. The predicted molar refractivity (Wildman–Crippen MR) is 156 cm³/mol. The molecule has 1 aliphatic rings. The first-order valence-electron chi connectivity index (χ1n) is 13.0. The zero-order chi connectivity index (χ0) is 34.1. The van der Waals surface area contributed by atoms with E-state index in [2.05, 4.69) is 20.2 Å². The number of Topliss-reactive ketones (excluding diaryl/α,β-unsaturated/α-hetero) is 1. The lowest BCUT2D eigenvalue weighted by atomic mass is 9.91. The quantitative estimate of drug-likeness (QED) is 0.0709. The van der Waals surface area contributed by atoms with Crippen LogP contribution in [0.5, 0.6) is 5.75 Å². The summed E-state index contributed by atoms with van der Waals surface area (Å²) in [6.07, 6.45) is 0.353. The Morgan fingerprint density at radius 2 is 1.96 bits per heavy atom. The molecule has 246 valence electrons. The summed E-state index contributed by atoms with van der Waals surface area (Å²) in [7, 11) is -4.86. The molecule has 3 aromatic rings. The summed E-state index contributed by atoms with van der Waals surface area (Å²) in [4.78, 5) is 86.8. The third-order valence-corrected chi connectivity index (χ3v) is 8.57. The van der Waals surface area contributed by atoms with Crippen molar-refractivity contribution in [3.05, 3.63) is 44.0 Å². The summed E-state index contributed by atoms with van der Waals surface area (Å²) >= 11 is 0.959. The van der Waals surface area contributed by atoms with Gasteiger partial charge in [-0.15, -0.1) is 20.5 Å². The van der Waals surface area contributed by atoms with E-state index < -0.39 is 98.8 Å². The highest BCUT2D eigenvalue weighted by molar-refractivity contribution is 7.90. The Hall–Kier alpha value is -5.22. The summed E-state index contributed by atoms with van der Waals surface area (Å²) in [6.45, 7) is 0.917. The molecule has 1 atom stereocenters. The van der Waals surface area contributed by atoms with E-state index in [1.807, 2.05) is 0 Å². The fraction of sp³-hybridized carbons (Fsp3) is 0.375. The van der Waals surface area contributed by atoms with Gasteiger partial charge >= 0.3 is 11.7 Å². The molecule has 1 aliphatic heterocycles. The minimum absolute atomic E-state index is 0.0206. The molecule has 0 bridgehead atoms. The van der Waals surface area contributed by atoms with Crippen molar-refractivity contribution in [2.24, 2.45) is 11.1 Å². The number of aromatic hydroxyl groups is 1. The first kappa shape index (κ1) is 33.7. The van der Waals surface area contributed by atoms with E-state index in [4.69, 9.17) is 10.6 Å². The standard InChI is InChI=1S/C24H26N8O12S2/c1-24(2,21(39)40)44-29-18(13-9-45-22(25)27-13)15(35)5-11-8-31(20(11)38)17(37)10-46(42,43)32-23(41)30(3-4-33)19(28-32)12-6-14(34)16(36)7-26-12/h6-7,9,11,33,36H,3-5,8,10H2,1-2H3,(H2,25,27)(H,26,34)(H,39,40)/b29-18-/t11-/m0/s1. The Morgan fingerprint density at radius 1 is 1.26 bits per heavy atom. The Balaban J connectivity index is 1.49. The molecule has 3 aromatic heterocycles. The number of oxime groups is 1. The number of H-pyrrole nitrogens is 1. The lowest BCUT2D eigenvalue weighted by Crippen LogP contribution is -2.57. The molecule has 0 unspecified atom stereocenters. The van der Waals surface area contributed by atoms with Gasteiger partial charge in [-0.05, 0) is 13.8 Å². The number of ketones is 1. The molecule has 0 aliphatic carbocycles. The minimum Gasteiger partial charge on any atom is -0.503 e. The first-order chi connectivity index (χ1) is 21.5. The zero-order valence-corrected chi connectivity index (χ0v) is 25.6. The van der Waals surface area contributed by atoms with E-state index in [-0.39, 0.29) is 27.2 Å². The number of hydrogen-bond donors (Lipinski definition) is 5. The largest absolute Gasteiger partial charge is 0.503 e. The number of β-lactam (4-membered cyclic amide) rings is 1. The predicted octanol–water partition coefficient (Wildman–Crippen LogP) is -2.46. The van der Waals surface area contributed by atoms with Gasteiger partial charge in [0.15, 0.2) is 34.0 Å². The molecular weight excluding hydrogens is 656 g/mol. The molecule has 2 amide bonds. The number of aliphatic carboxylic acids is 1. The number of amides is 2. The second-order valence-corrected chi connectivity index (χ2v) is 12.9. The number of pyridine rings is 1. The topological polar surface area (TPSA) is 300 Å². The van der Waals surface area contributed by atoms with Gasteiger partial charge in [-0.25, -0.2) is 23.0 Å². The van der Waals surface area contributed by atoms with Crippen LogP contribution in [0.4, 0.5) is 5.13 Å². The van der Waals surface area contributed by atoms with Gasteiger partial charge in [0.1, 0.15) is 5.69 Å². The number of carboxylic acid groups (broad SMARTS) is 1. The van der Waals surface area contributed by atoms with Gasteiger partial charge in [0.05, 0.1) is 24.8 Å². The van der Waals surface area contributed by atoms with Gasteiger partial charge in [0.25, 0.3) is 10.0 Å². The average molecular weight is 683 g/mol. The fourth-order valence-corrected chi connectivity index (χ4v) is 5.65. The van der Waals surface area contributed by atoms with Gasteiger partial charge in [-0.2, -0.15) is 0 Å². The smallest absolute Gasteiger partial charge is 0.360 e.